The summed E-state index contributed by atoms with van der Waals surface area (Å²) >= 11 is 9.58. The van der Waals surface area contributed by atoms with Gasteiger partial charge in [0.15, 0.2) is 5.84 Å². The summed E-state index contributed by atoms with van der Waals surface area (Å²) < 4.78 is 1.04. The Morgan fingerprint density at radius 3 is 2.57 bits per heavy atom. The zero-order chi connectivity index (χ0) is 15.4. The van der Waals surface area contributed by atoms with E-state index in [2.05, 4.69) is 21.1 Å². The maximum absolute atomic E-state index is 8.92. The molecule has 21 heavy (non-hydrogen) atoms. The molecule has 0 aliphatic rings. The number of rotatable bonds is 4. The molecule has 0 bridgehead atoms. The number of anilines is 1. The molecule has 0 saturated carbocycles. The van der Waals surface area contributed by atoms with Gasteiger partial charge in [0.1, 0.15) is 0 Å². The summed E-state index contributed by atoms with van der Waals surface area (Å²) in [5.74, 6) is -0.00161. The van der Waals surface area contributed by atoms with Crippen molar-refractivity contribution in [2.24, 2.45) is 10.9 Å². The molecule has 0 unspecified atom stereocenters. The second-order valence-electron chi connectivity index (χ2n) is 4.60. The predicted molar refractivity (Wildman–Crippen MR) is 90.2 cm³/mol. The van der Waals surface area contributed by atoms with Gasteiger partial charge < -0.3 is 15.8 Å². The lowest BCUT2D eigenvalue weighted by molar-refractivity contribution is 0.318. The number of oxime groups is 1. The SMILES string of the molecule is CN(Cc1ccc(Br)cc1)c1cccc(Cl)c1C(N)=NO. The summed E-state index contributed by atoms with van der Waals surface area (Å²) in [4.78, 5) is 2.00. The monoisotopic (exact) mass is 367 g/mol. The maximum atomic E-state index is 8.92. The third-order valence-corrected chi connectivity index (χ3v) is 3.94. The number of benzene rings is 2. The van der Waals surface area contributed by atoms with Crippen LogP contribution in [0.2, 0.25) is 5.02 Å². The molecule has 3 N–H and O–H groups in total. The van der Waals surface area contributed by atoms with Crippen LogP contribution in [0.25, 0.3) is 0 Å². The van der Waals surface area contributed by atoms with Crippen LogP contribution < -0.4 is 10.6 Å². The fourth-order valence-corrected chi connectivity index (χ4v) is 2.61. The lowest BCUT2D eigenvalue weighted by Gasteiger charge is -2.23. The zero-order valence-electron chi connectivity index (χ0n) is 11.4. The number of hydrogen-bond donors (Lipinski definition) is 2. The fourth-order valence-electron chi connectivity index (χ4n) is 2.08. The Morgan fingerprint density at radius 2 is 1.95 bits per heavy atom. The number of halogens is 2. The quantitative estimate of drug-likeness (QED) is 0.373. The minimum atomic E-state index is -0.00161. The third kappa shape index (κ3) is 3.68. The van der Waals surface area contributed by atoms with Crippen LogP contribution in [-0.4, -0.2) is 18.1 Å². The van der Waals surface area contributed by atoms with E-state index in [1.54, 1.807) is 6.07 Å². The van der Waals surface area contributed by atoms with E-state index in [9.17, 15) is 0 Å². The van der Waals surface area contributed by atoms with E-state index < -0.39 is 0 Å². The van der Waals surface area contributed by atoms with Crippen LogP contribution in [-0.2, 0) is 6.54 Å². The van der Waals surface area contributed by atoms with Crippen molar-refractivity contribution in [3.8, 4) is 0 Å². The normalized spacial score (nSPS) is 11.5. The molecule has 0 saturated heterocycles. The number of nitrogens with zero attached hydrogens (tertiary/aromatic N) is 2. The molecule has 0 aliphatic heterocycles. The van der Waals surface area contributed by atoms with Crippen molar-refractivity contribution in [3.05, 3.63) is 63.1 Å². The van der Waals surface area contributed by atoms with Gasteiger partial charge in [-0.1, -0.05) is 50.9 Å². The van der Waals surface area contributed by atoms with Gasteiger partial charge in [0, 0.05) is 23.8 Å². The van der Waals surface area contributed by atoms with Crippen LogP contribution in [0, 0.1) is 0 Å². The van der Waals surface area contributed by atoms with Gasteiger partial charge in [0.05, 0.1) is 10.6 Å². The average Bonchev–Trinajstić information content (AvgIpc) is 2.48. The summed E-state index contributed by atoms with van der Waals surface area (Å²) in [6.07, 6.45) is 0. The maximum Gasteiger partial charge on any atom is 0.173 e. The van der Waals surface area contributed by atoms with Gasteiger partial charge in [-0.2, -0.15) is 0 Å². The van der Waals surface area contributed by atoms with E-state index in [-0.39, 0.29) is 5.84 Å². The molecule has 0 aromatic heterocycles. The van der Waals surface area contributed by atoms with Gasteiger partial charge in [-0.3, -0.25) is 0 Å². The van der Waals surface area contributed by atoms with E-state index in [4.69, 9.17) is 22.5 Å². The van der Waals surface area contributed by atoms with Gasteiger partial charge in [0.2, 0.25) is 0 Å². The van der Waals surface area contributed by atoms with Crippen LogP contribution in [0.15, 0.2) is 52.1 Å². The van der Waals surface area contributed by atoms with Crippen LogP contribution >= 0.6 is 27.5 Å². The summed E-state index contributed by atoms with van der Waals surface area (Å²) in [7, 11) is 1.93. The van der Waals surface area contributed by atoms with E-state index in [0.29, 0.717) is 17.1 Å². The highest BCUT2D eigenvalue weighted by atomic mass is 79.9. The molecule has 2 rings (SSSR count). The Morgan fingerprint density at radius 1 is 1.29 bits per heavy atom. The van der Waals surface area contributed by atoms with Crippen LogP contribution in [0.1, 0.15) is 11.1 Å². The molecule has 2 aromatic carbocycles. The smallest absolute Gasteiger partial charge is 0.173 e. The van der Waals surface area contributed by atoms with Crippen molar-refractivity contribution in [3.63, 3.8) is 0 Å². The van der Waals surface area contributed by atoms with E-state index in [1.807, 2.05) is 48.3 Å². The molecular formula is C15H15BrClN3O. The molecule has 110 valence electrons. The van der Waals surface area contributed by atoms with Crippen molar-refractivity contribution in [1.82, 2.24) is 0 Å². The molecule has 0 radical (unpaired) electrons. The second kappa shape index (κ2) is 6.83. The highest BCUT2D eigenvalue weighted by Crippen LogP contribution is 2.27. The average molecular weight is 369 g/mol. The first-order chi connectivity index (χ1) is 10.0. The standard InChI is InChI=1S/C15H15BrClN3O/c1-20(9-10-5-7-11(16)8-6-10)13-4-2-3-12(17)14(13)15(18)19-21/h2-8,21H,9H2,1H3,(H2,18,19). The van der Waals surface area contributed by atoms with Crippen molar-refractivity contribution in [2.75, 3.05) is 11.9 Å². The molecule has 0 fully saturated rings. The minimum absolute atomic E-state index is 0.00161. The van der Waals surface area contributed by atoms with Crippen molar-refractivity contribution in [1.29, 1.82) is 0 Å². The highest BCUT2D eigenvalue weighted by Gasteiger charge is 2.15. The molecule has 0 spiro atoms. The Bertz CT molecular complexity index is 658. The highest BCUT2D eigenvalue weighted by molar-refractivity contribution is 9.10. The van der Waals surface area contributed by atoms with E-state index in [0.717, 1.165) is 15.7 Å². The molecule has 0 amide bonds. The summed E-state index contributed by atoms with van der Waals surface area (Å²) in [6, 6.07) is 13.5. The third-order valence-electron chi connectivity index (χ3n) is 3.10. The largest absolute Gasteiger partial charge is 0.409 e. The van der Waals surface area contributed by atoms with E-state index in [1.165, 1.54) is 0 Å². The summed E-state index contributed by atoms with van der Waals surface area (Å²) in [5, 5.41) is 12.4. The topological polar surface area (TPSA) is 61.8 Å². The number of amidine groups is 1. The van der Waals surface area contributed by atoms with Gasteiger partial charge >= 0.3 is 0 Å². The Kier molecular flexibility index (Phi) is 5.09. The Balaban J connectivity index is 2.33. The second-order valence-corrected chi connectivity index (χ2v) is 5.92. The Hall–Kier alpha value is -1.72. The predicted octanol–water partition coefficient (Wildman–Crippen LogP) is 3.83. The van der Waals surface area contributed by atoms with Gasteiger partial charge in [-0.05, 0) is 29.8 Å². The number of hydrogen-bond acceptors (Lipinski definition) is 3. The number of nitrogens with two attached hydrogens (primary N) is 1. The first kappa shape index (κ1) is 15.7. The van der Waals surface area contributed by atoms with Crippen molar-refractivity contribution >= 4 is 39.1 Å². The molecule has 2 aromatic rings. The van der Waals surface area contributed by atoms with E-state index >= 15 is 0 Å². The van der Waals surface area contributed by atoms with Crippen LogP contribution in [0.3, 0.4) is 0 Å². The first-order valence-electron chi connectivity index (χ1n) is 6.25. The van der Waals surface area contributed by atoms with Gasteiger partial charge in [-0.15, -0.1) is 0 Å². The van der Waals surface area contributed by atoms with Gasteiger partial charge in [0.25, 0.3) is 0 Å². The molecular weight excluding hydrogens is 354 g/mol. The lowest BCUT2D eigenvalue weighted by atomic mass is 10.1. The lowest BCUT2D eigenvalue weighted by Crippen LogP contribution is -2.23. The molecule has 0 aliphatic carbocycles. The molecule has 6 heteroatoms. The molecule has 4 nitrogen and oxygen atoms in total. The van der Waals surface area contributed by atoms with Crippen LogP contribution in [0.4, 0.5) is 5.69 Å². The van der Waals surface area contributed by atoms with Crippen LogP contribution in [0.5, 0.6) is 0 Å². The first-order valence-corrected chi connectivity index (χ1v) is 7.42. The summed E-state index contributed by atoms with van der Waals surface area (Å²) in [6.45, 7) is 0.680. The van der Waals surface area contributed by atoms with Gasteiger partial charge in [-0.25, -0.2) is 0 Å². The minimum Gasteiger partial charge on any atom is -0.409 e. The van der Waals surface area contributed by atoms with Crippen molar-refractivity contribution in [2.45, 2.75) is 6.54 Å². The van der Waals surface area contributed by atoms with Crippen molar-refractivity contribution < 1.29 is 5.21 Å². The summed E-state index contributed by atoms with van der Waals surface area (Å²) in [5.41, 5.74) is 8.21. The Labute approximate surface area is 136 Å². The fraction of sp³-hybridized carbons (Fsp3) is 0.133. The zero-order valence-corrected chi connectivity index (χ0v) is 13.8. The molecule has 0 heterocycles. The molecule has 0 atom stereocenters.